The van der Waals surface area contributed by atoms with Gasteiger partial charge in [-0.3, -0.25) is 0 Å². The van der Waals surface area contributed by atoms with Crippen LogP contribution < -0.4 is 5.32 Å². The van der Waals surface area contributed by atoms with E-state index in [1.165, 1.54) is 11.1 Å². The van der Waals surface area contributed by atoms with Crippen LogP contribution in [0, 0.1) is 6.92 Å². The average Bonchev–Trinajstić information content (AvgIpc) is 3.01. The van der Waals surface area contributed by atoms with Crippen molar-refractivity contribution >= 4 is 11.0 Å². The lowest BCUT2D eigenvalue weighted by molar-refractivity contribution is 0.117. The van der Waals surface area contributed by atoms with E-state index in [1.54, 1.807) is 7.11 Å². The van der Waals surface area contributed by atoms with Crippen molar-refractivity contribution < 1.29 is 4.74 Å². The van der Waals surface area contributed by atoms with Crippen molar-refractivity contribution in [1.29, 1.82) is 0 Å². The van der Waals surface area contributed by atoms with E-state index < -0.39 is 0 Å². The summed E-state index contributed by atoms with van der Waals surface area (Å²) in [6.07, 6.45) is 1.29. The van der Waals surface area contributed by atoms with Crippen LogP contribution in [0.25, 0.3) is 11.0 Å². The molecule has 1 saturated heterocycles. The van der Waals surface area contributed by atoms with Crippen molar-refractivity contribution in [2.24, 2.45) is 0 Å². The summed E-state index contributed by atoms with van der Waals surface area (Å²) in [5.74, 6) is 1.14. The molecule has 0 radical (unpaired) electrons. The third kappa shape index (κ3) is 2.23. The minimum absolute atomic E-state index is 0.287. The van der Waals surface area contributed by atoms with Gasteiger partial charge >= 0.3 is 0 Å². The predicted octanol–water partition coefficient (Wildman–Crippen LogP) is 2.98. The van der Waals surface area contributed by atoms with Crippen LogP contribution in [0.15, 0.2) is 18.2 Å². The Balaban J connectivity index is 2.07. The first-order valence-corrected chi connectivity index (χ1v) is 7.34. The summed E-state index contributed by atoms with van der Waals surface area (Å²) in [7, 11) is 1.78. The normalized spacial score (nSPS) is 23.1. The Kier molecular flexibility index (Phi) is 3.52. The summed E-state index contributed by atoms with van der Waals surface area (Å²) in [4.78, 5) is 4.89. The smallest absolute Gasteiger partial charge is 0.127 e. The van der Waals surface area contributed by atoms with Gasteiger partial charge in [0.25, 0.3) is 0 Å². The van der Waals surface area contributed by atoms with Crippen LogP contribution in [0.1, 0.15) is 43.7 Å². The number of hydrogen-bond acceptors (Lipinski definition) is 3. The maximum atomic E-state index is 5.46. The molecule has 4 nitrogen and oxygen atoms in total. The van der Waals surface area contributed by atoms with E-state index in [1.807, 2.05) is 0 Å². The van der Waals surface area contributed by atoms with Crippen molar-refractivity contribution in [1.82, 2.24) is 14.9 Å². The van der Waals surface area contributed by atoms with E-state index in [0.717, 1.165) is 24.3 Å². The maximum absolute atomic E-state index is 5.46. The summed E-state index contributed by atoms with van der Waals surface area (Å²) in [5.41, 5.74) is 3.58. The Morgan fingerprint density at radius 3 is 2.85 bits per heavy atom. The first-order chi connectivity index (χ1) is 9.60. The lowest BCUT2D eigenvalue weighted by atomic mass is 10.2. The highest BCUT2D eigenvalue weighted by Crippen LogP contribution is 2.30. The molecular formula is C16H23N3O. The summed E-state index contributed by atoms with van der Waals surface area (Å²) in [6, 6.07) is 7.20. The molecule has 0 bridgehead atoms. The molecule has 4 heteroatoms. The van der Waals surface area contributed by atoms with Crippen LogP contribution in [0.4, 0.5) is 0 Å². The van der Waals surface area contributed by atoms with Crippen LogP contribution in [0.5, 0.6) is 0 Å². The quantitative estimate of drug-likeness (QED) is 0.934. The molecule has 1 aromatic carbocycles. The minimum atomic E-state index is 0.287. The Morgan fingerprint density at radius 2 is 2.20 bits per heavy atom. The van der Waals surface area contributed by atoms with Crippen LogP contribution >= 0.6 is 0 Å². The fraction of sp³-hybridized carbons (Fsp3) is 0.562. The minimum Gasteiger partial charge on any atom is -0.380 e. The molecule has 1 N–H and O–H groups in total. The Hall–Kier alpha value is -1.39. The second-order valence-electron chi connectivity index (χ2n) is 5.98. The molecule has 2 unspecified atom stereocenters. The molecule has 108 valence electrons. The predicted molar refractivity (Wildman–Crippen MR) is 81.0 cm³/mol. The summed E-state index contributed by atoms with van der Waals surface area (Å²) < 4.78 is 7.81. The van der Waals surface area contributed by atoms with Gasteiger partial charge in [0.1, 0.15) is 5.82 Å². The Morgan fingerprint density at radius 1 is 1.40 bits per heavy atom. The Bertz CT molecular complexity index is 617. The molecule has 2 aromatic rings. The van der Waals surface area contributed by atoms with Crippen LogP contribution in [-0.4, -0.2) is 29.3 Å². The van der Waals surface area contributed by atoms with E-state index in [4.69, 9.17) is 9.72 Å². The second kappa shape index (κ2) is 5.19. The van der Waals surface area contributed by atoms with Crippen molar-refractivity contribution in [2.45, 2.75) is 45.4 Å². The number of ether oxygens (including phenoxy) is 1. The zero-order chi connectivity index (χ0) is 14.3. The van der Waals surface area contributed by atoms with E-state index in [2.05, 4.69) is 48.9 Å². The number of rotatable bonds is 3. The van der Waals surface area contributed by atoms with Gasteiger partial charge in [-0.15, -0.1) is 0 Å². The maximum Gasteiger partial charge on any atom is 0.127 e. The van der Waals surface area contributed by atoms with E-state index in [-0.39, 0.29) is 6.04 Å². The van der Waals surface area contributed by atoms with Crippen molar-refractivity contribution in [2.75, 3.05) is 13.7 Å². The molecule has 1 aliphatic heterocycles. The molecule has 0 spiro atoms. The zero-order valence-electron chi connectivity index (χ0n) is 12.7. The Labute approximate surface area is 120 Å². The van der Waals surface area contributed by atoms with Gasteiger partial charge in [-0.25, -0.2) is 4.98 Å². The highest BCUT2D eigenvalue weighted by Gasteiger charge is 2.29. The largest absolute Gasteiger partial charge is 0.380 e. The number of nitrogens with one attached hydrogen (secondary N) is 1. The molecule has 1 aromatic heterocycles. The first kappa shape index (κ1) is 13.6. The van der Waals surface area contributed by atoms with Gasteiger partial charge < -0.3 is 14.6 Å². The zero-order valence-corrected chi connectivity index (χ0v) is 12.7. The van der Waals surface area contributed by atoms with Gasteiger partial charge in [0.05, 0.1) is 23.2 Å². The van der Waals surface area contributed by atoms with Crippen LogP contribution in [0.2, 0.25) is 0 Å². The van der Waals surface area contributed by atoms with E-state index in [0.29, 0.717) is 12.1 Å². The van der Waals surface area contributed by atoms with Crippen molar-refractivity contribution in [3.8, 4) is 0 Å². The van der Waals surface area contributed by atoms with Crippen molar-refractivity contribution in [3.63, 3.8) is 0 Å². The van der Waals surface area contributed by atoms with E-state index in [9.17, 15) is 0 Å². The monoisotopic (exact) mass is 273 g/mol. The number of aryl methyl sites for hydroxylation is 1. The number of fused-ring (bicyclic) bond motifs is 1. The fourth-order valence-electron chi connectivity index (χ4n) is 3.10. The molecule has 0 aliphatic carbocycles. The summed E-state index contributed by atoms with van der Waals surface area (Å²) in [5, 5.41) is 3.54. The fourth-order valence-corrected chi connectivity index (χ4v) is 3.10. The highest BCUT2D eigenvalue weighted by molar-refractivity contribution is 5.77. The number of hydrogen-bond donors (Lipinski definition) is 1. The number of methoxy groups -OCH3 is 1. The topological polar surface area (TPSA) is 39.1 Å². The molecular weight excluding hydrogens is 250 g/mol. The van der Waals surface area contributed by atoms with Crippen LogP contribution in [-0.2, 0) is 4.74 Å². The molecule has 2 atom stereocenters. The molecule has 2 heterocycles. The van der Waals surface area contributed by atoms with Crippen molar-refractivity contribution in [3.05, 3.63) is 29.6 Å². The van der Waals surface area contributed by atoms with Gasteiger partial charge in [0.15, 0.2) is 0 Å². The van der Waals surface area contributed by atoms with Gasteiger partial charge in [-0.2, -0.15) is 0 Å². The number of aromatic nitrogens is 2. The number of benzene rings is 1. The molecule has 1 aliphatic rings. The highest BCUT2D eigenvalue weighted by atomic mass is 16.5. The lowest BCUT2D eigenvalue weighted by Crippen LogP contribution is -2.19. The number of nitrogens with zero attached hydrogens (tertiary/aromatic N) is 2. The standard InChI is InChI=1S/C16H23N3O/c1-10(2)19-15-6-5-11(3)7-13(15)18-16(19)14-8-12(20-4)9-17-14/h5-7,10,12,14,17H,8-9H2,1-4H3. The molecule has 1 fully saturated rings. The number of imidazole rings is 1. The van der Waals surface area contributed by atoms with Gasteiger partial charge in [0, 0.05) is 19.7 Å². The lowest BCUT2D eigenvalue weighted by Gasteiger charge is -2.17. The van der Waals surface area contributed by atoms with Gasteiger partial charge in [0.2, 0.25) is 0 Å². The van der Waals surface area contributed by atoms with Crippen LogP contribution in [0.3, 0.4) is 0 Å². The third-order valence-corrected chi connectivity index (χ3v) is 4.12. The summed E-state index contributed by atoms with van der Waals surface area (Å²) in [6.45, 7) is 7.45. The second-order valence-corrected chi connectivity index (χ2v) is 5.98. The molecule has 3 rings (SSSR count). The SMILES string of the molecule is COC1CNC(c2nc3cc(C)ccc3n2C(C)C)C1. The molecule has 0 amide bonds. The third-order valence-electron chi connectivity index (χ3n) is 4.12. The van der Waals surface area contributed by atoms with E-state index >= 15 is 0 Å². The average molecular weight is 273 g/mol. The molecule has 0 saturated carbocycles. The summed E-state index contributed by atoms with van der Waals surface area (Å²) >= 11 is 0. The molecule has 20 heavy (non-hydrogen) atoms. The van der Waals surface area contributed by atoms with Gasteiger partial charge in [-0.1, -0.05) is 6.07 Å². The first-order valence-electron chi connectivity index (χ1n) is 7.34. The van der Waals surface area contributed by atoms with Gasteiger partial charge in [-0.05, 0) is 44.9 Å².